The molecular formula is C32H36N6O9. The van der Waals surface area contributed by atoms with Crippen LogP contribution in [0.5, 0.6) is 5.75 Å². The van der Waals surface area contributed by atoms with Crippen molar-refractivity contribution in [1.29, 1.82) is 0 Å². The quantitative estimate of drug-likeness (QED) is 0.123. The number of carboxylic acid groups (broad SMARTS) is 1. The number of carbonyl (C=O) groups excluding carboxylic acids is 4. The van der Waals surface area contributed by atoms with Crippen LogP contribution in [0.1, 0.15) is 47.2 Å². The zero-order valence-electron chi connectivity index (χ0n) is 25.3. The average Bonchev–Trinajstić information content (AvgIpc) is 3.38. The van der Waals surface area contributed by atoms with E-state index in [1.54, 1.807) is 0 Å². The number of para-hydroxylation sites is 2. The van der Waals surface area contributed by atoms with Gasteiger partial charge in [-0.1, -0.05) is 36.4 Å². The molecule has 15 heteroatoms. The van der Waals surface area contributed by atoms with Crippen LogP contribution in [0.4, 0.5) is 17.1 Å². The van der Waals surface area contributed by atoms with E-state index in [9.17, 15) is 34.1 Å². The molecule has 15 nitrogen and oxygen atoms in total. The summed E-state index contributed by atoms with van der Waals surface area (Å²) in [4.78, 5) is 63.0. The molecule has 0 aliphatic carbocycles. The minimum atomic E-state index is -0.944. The van der Waals surface area contributed by atoms with Crippen molar-refractivity contribution in [2.75, 3.05) is 10.6 Å². The molecule has 0 aromatic heterocycles. The highest BCUT2D eigenvalue weighted by molar-refractivity contribution is 5.96. The third-order valence-electron chi connectivity index (χ3n) is 7.32. The van der Waals surface area contributed by atoms with E-state index in [1.165, 1.54) is 11.1 Å². The maximum atomic E-state index is 11.3. The lowest BCUT2D eigenvalue weighted by molar-refractivity contribution is -0.384. The lowest BCUT2D eigenvalue weighted by Crippen LogP contribution is -2.34. The molecule has 3 aromatic rings. The number of rotatable bonds is 3. The number of benzene rings is 3. The molecule has 6 rings (SSSR count). The number of nitro benzene ring substituents is 1. The Hall–Kier alpha value is -5.67. The van der Waals surface area contributed by atoms with Gasteiger partial charge in [-0.05, 0) is 61.4 Å². The highest BCUT2D eigenvalue weighted by Crippen LogP contribution is 2.22. The second kappa shape index (κ2) is 17.1. The number of nitrogens with one attached hydrogen (secondary N) is 3. The van der Waals surface area contributed by atoms with Gasteiger partial charge in [0.2, 0.25) is 17.7 Å². The van der Waals surface area contributed by atoms with Crippen molar-refractivity contribution in [3.05, 3.63) is 93.5 Å². The predicted octanol–water partition coefficient (Wildman–Crippen LogP) is 2.26. The molecule has 3 heterocycles. The molecule has 3 aliphatic rings. The minimum Gasteiger partial charge on any atom is -0.507 e. The van der Waals surface area contributed by atoms with E-state index in [1.807, 2.05) is 48.5 Å². The molecule has 1 saturated heterocycles. The number of carboxylic acids is 1. The topological polar surface area (TPSA) is 257 Å². The van der Waals surface area contributed by atoms with E-state index in [0.717, 1.165) is 55.3 Å². The van der Waals surface area contributed by atoms with Crippen molar-refractivity contribution < 1.29 is 39.1 Å². The highest BCUT2D eigenvalue weighted by atomic mass is 16.6. The number of aldehydes is 1. The fourth-order valence-electron chi connectivity index (χ4n) is 4.60. The third-order valence-corrected chi connectivity index (χ3v) is 7.32. The first-order valence-electron chi connectivity index (χ1n) is 14.6. The Labute approximate surface area is 269 Å². The summed E-state index contributed by atoms with van der Waals surface area (Å²) in [5.74, 6) is -1.52. The van der Waals surface area contributed by atoms with Crippen molar-refractivity contribution in [3.8, 4) is 5.75 Å². The van der Waals surface area contributed by atoms with Crippen molar-refractivity contribution in [3.63, 3.8) is 0 Å². The number of fused-ring (bicyclic) bond motifs is 2. The standard InChI is InChI=1S/2C10H12N2O.C7H5NO4.C5H7NO3/c2*11-8-6-5-7-3-1-2-4-9(7)12-10(8)13;9-4-5-3-6(8(11)12)1-2-7(5)10;7-4-2-1-3(6-4)5(8)9/h2*1-4,8H,5-6,11H2,(H,12,13);1-4,10H;3H,1-2H2,(H,6,7)(H,8,9)/t8-;;;3-/m0..0/s1. The Morgan fingerprint density at radius 1 is 0.830 bits per heavy atom. The fourth-order valence-corrected chi connectivity index (χ4v) is 4.60. The van der Waals surface area contributed by atoms with Crippen LogP contribution < -0.4 is 27.4 Å². The maximum Gasteiger partial charge on any atom is 0.326 e. The first-order valence-corrected chi connectivity index (χ1v) is 14.6. The predicted molar refractivity (Wildman–Crippen MR) is 172 cm³/mol. The Kier molecular flexibility index (Phi) is 13.1. The Bertz CT molecular complexity index is 1560. The normalized spacial score (nSPS) is 19.3. The number of nitrogens with two attached hydrogens (primary N) is 2. The number of phenolic OH excluding ortho intramolecular Hbond substituents is 1. The Balaban J connectivity index is 0.000000172. The summed E-state index contributed by atoms with van der Waals surface area (Å²) in [6.07, 6.45) is 4.32. The first-order chi connectivity index (χ1) is 22.4. The van der Waals surface area contributed by atoms with E-state index in [2.05, 4.69) is 16.0 Å². The van der Waals surface area contributed by atoms with Crippen LogP contribution in [0.15, 0.2) is 66.7 Å². The molecule has 0 bridgehead atoms. The van der Waals surface area contributed by atoms with E-state index >= 15 is 0 Å². The van der Waals surface area contributed by atoms with Crippen molar-refractivity contribution in [2.24, 2.45) is 11.5 Å². The van der Waals surface area contributed by atoms with Crippen LogP contribution in [0.2, 0.25) is 0 Å². The molecule has 0 spiro atoms. The molecule has 248 valence electrons. The first kappa shape index (κ1) is 35.8. The van der Waals surface area contributed by atoms with Gasteiger partial charge in [0.25, 0.3) is 5.69 Å². The number of anilines is 2. The summed E-state index contributed by atoms with van der Waals surface area (Å²) in [6.45, 7) is 0. The highest BCUT2D eigenvalue weighted by Gasteiger charge is 2.26. The van der Waals surface area contributed by atoms with Gasteiger partial charge in [-0.15, -0.1) is 0 Å². The van der Waals surface area contributed by atoms with Gasteiger partial charge in [-0.25, -0.2) is 4.79 Å². The Morgan fingerprint density at radius 2 is 1.34 bits per heavy atom. The summed E-state index contributed by atoms with van der Waals surface area (Å²) in [5.41, 5.74) is 15.1. The second-order valence-electron chi connectivity index (χ2n) is 10.7. The minimum absolute atomic E-state index is 0.0787. The number of aromatic hydroxyl groups is 1. The van der Waals surface area contributed by atoms with Crippen LogP contribution in [0.25, 0.3) is 0 Å². The second-order valence-corrected chi connectivity index (χ2v) is 10.7. The summed E-state index contributed by atoms with van der Waals surface area (Å²) in [7, 11) is 0. The lowest BCUT2D eigenvalue weighted by Gasteiger charge is -2.06. The third kappa shape index (κ3) is 10.7. The van der Waals surface area contributed by atoms with Crippen molar-refractivity contribution in [2.45, 2.75) is 56.7 Å². The van der Waals surface area contributed by atoms with Gasteiger partial charge >= 0.3 is 5.97 Å². The number of nitrogens with zero attached hydrogens (tertiary/aromatic N) is 1. The monoisotopic (exact) mass is 648 g/mol. The molecule has 3 amide bonds. The summed E-state index contributed by atoms with van der Waals surface area (Å²) >= 11 is 0. The molecule has 3 atom stereocenters. The smallest absolute Gasteiger partial charge is 0.326 e. The zero-order chi connectivity index (χ0) is 34.5. The Morgan fingerprint density at radius 3 is 1.74 bits per heavy atom. The fraction of sp³-hybridized carbons (Fsp3) is 0.281. The number of phenols is 1. The van der Waals surface area contributed by atoms with E-state index in [4.69, 9.17) is 21.7 Å². The lowest BCUT2D eigenvalue weighted by atomic mass is 10.1. The van der Waals surface area contributed by atoms with Crippen LogP contribution in [0.3, 0.4) is 0 Å². The van der Waals surface area contributed by atoms with Gasteiger partial charge < -0.3 is 37.6 Å². The SMILES string of the molecule is NC1CCc2ccccc2NC1=O.N[C@H]1CCc2ccccc2NC1=O.O=C1CC[C@@H](C(=O)O)N1.O=Cc1cc([N+](=O)[O-])ccc1O. The van der Waals surface area contributed by atoms with E-state index in [-0.39, 0.29) is 46.8 Å². The molecule has 47 heavy (non-hydrogen) atoms. The van der Waals surface area contributed by atoms with E-state index < -0.39 is 16.9 Å². The van der Waals surface area contributed by atoms with E-state index in [0.29, 0.717) is 19.1 Å². The van der Waals surface area contributed by atoms with Gasteiger partial charge in [-0.3, -0.25) is 29.3 Å². The van der Waals surface area contributed by atoms with Gasteiger partial charge in [-0.2, -0.15) is 0 Å². The van der Waals surface area contributed by atoms with Crippen molar-refractivity contribution >= 4 is 47.0 Å². The van der Waals surface area contributed by atoms with Crippen LogP contribution >= 0.6 is 0 Å². The molecular weight excluding hydrogens is 612 g/mol. The van der Waals surface area contributed by atoms with Crippen molar-refractivity contribution in [1.82, 2.24) is 5.32 Å². The number of aryl methyl sites for hydroxylation is 2. The van der Waals surface area contributed by atoms with Gasteiger partial charge in [0, 0.05) is 29.9 Å². The molecule has 0 saturated carbocycles. The zero-order valence-corrected chi connectivity index (χ0v) is 25.3. The number of non-ortho nitro benzene ring substituents is 1. The molecule has 3 aliphatic heterocycles. The van der Waals surface area contributed by atoms with Gasteiger partial charge in [0.1, 0.15) is 11.8 Å². The number of carbonyl (C=O) groups is 5. The maximum absolute atomic E-state index is 11.3. The van der Waals surface area contributed by atoms with Crippen LogP contribution in [-0.2, 0) is 32.0 Å². The molecule has 1 unspecified atom stereocenters. The van der Waals surface area contributed by atoms with Crippen LogP contribution in [0, 0.1) is 10.1 Å². The largest absolute Gasteiger partial charge is 0.507 e. The number of hydrogen-bond donors (Lipinski definition) is 7. The molecule has 1 fully saturated rings. The number of amides is 3. The average molecular weight is 649 g/mol. The molecule has 0 radical (unpaired) electrons. The summed E-state index contributed by atoms with van der Waals surface area (Å²) in [6, 6.07) is 17.5. The number of nitro groups is 1. The number of hydrogen-bond acceptors (Lipinski definition) is 10. The van der Waals surface area contributed by atoms with Gasteiger partial charge in [0.15, 0.2) is 6.29 Å². The molecule has 9 N–H and O–H groups in total. The number of aliphatic carboxylic acids is 1. The summed E-state index contributed by atoms with van der Waals surface area (Å²) in [5, 5.41) is 35.4. The molecule has 3 aromatic carbocycles. The van der Waals surface area contributed by atoms with Crippen LogP contribution in [-0.4, -0.2) is 63.2 Å². The van der Waals surface area contributed by atoms with Gasteiger partial charge in [0.05, 0.1) is 22.6 Å². The summed E-state index contributed by atoms with van der Waals surface area (Å²) < 4.78 is 0.